The van der Waals surface area contributed by atoms with Crippen LogP contribution < -0.4 is 22.1 Å². The molecule has 0 rings (SSSR count). The smallest absolute Gasteiger partial charge is 0.222 e. The predicted octanol–water partition coefficient (Wildman–Crippen LogP) is 2.39. The van der Waals surface area contributed by atoms with E-state index < -0.39 is 0 Å². The van der Waals surface area contributed by atoms with E-state index in [0.717, 1.165) is 0 Å². The molecule has 0 aromatic carbocycles. The number of carbonyl (C=O) groups excluding carboxylic acids is 3. The van der Waals surface area contributed by atoms with Gasteiger partial charge in [-0.1, -0.05) is 55.4 Å². The van der Waals surface area contributed by atoms with Gasteiger partial charge in [0.25, 0.3) is 0 Å². The Morgan fingerprint density at radius 3 is 1.16 bits per heavy atom. The van der Waals surface area contributed by atoms with Crippen LogP contribution in [0.25, 0.3) is 0 Å². The molecule has 13 nitrogen and oxygen atoms in total. The van der Waals surface area contributed by atoms with E-state index in [1.807, 2.05) is 0 Å². The van der Waals surface area contributed by atoms with Gasteiger partial charge in [-0.05, 0) is 20.0 Å². The number of rotatable bonds is 32. The Morgan fingerprint density at radius 1 is 0.510 bits per heavy atom. The van der Waals surface area contributed by atoms with Crippen LogP contribution in [0.15, 0.2) is 0 Å². The molecular formula is C36H73N5O8. The minimum atomic E-state index is -0.200. The third kappa shape index (κ3) is 28.7. The lowest BCUT2D eigenvalue weighted by molar-refractivity contribution is -0.123. The molecule has 0 bridgehead atoms. The molecule has 49 heavy (non-hydrogen) atoms. The Balaban J connectivity index is 4.40. The normalized spacial score (nSPS) is 12.8. The Bertz CT molecular complexity index is 854. The second-order valence-corrected chi connectivity index (χ2v) is 16.2. The van der Waals surface area contributed by atoms with E-state index in [0.29, 0.717) is 118 Å². The first kappa shape index (κ1) is 47.3. The summed E-state index contributed by atoms with van der Waals surface area (Å²) in [5, 5.41) is 5.96. The number of nitrogens with one attached hydrogen (secondary N) is 2. The summed E-state index contributed by atoms with van der Waals surface area (Å²) in [6.45, 7) is 26.7. The fourth-order valence-corrected chi connectivity index (χ4v) is 4.05. The van der Waals surface area contributed by atoms with Gasteiger partial charge in [-0.25, -0.2) is 0 Å². The lowest BCUT2D eigenvalue weighted by Gasteiger charge is -2.28. The summed E-state index contributed by atoms with van der Waals surface area (Å²) in [5.74, 6) is -0.0300. The van der Waals surface area contributed by atoms with Crippen molar-refractivity contribution in [2.75, 3.05) is 112 Å². The SMILES string of the molecule is CC(=O)CCOCCN(CCOCCC(=O)NCC(C)(C)COCC(C)(C)CN)CCOCCC(=O)NCC(C)(C)COCC(C)(C)CN. The van der Waals surface area contributed by atoms with E-state index in [-0.39, 0.29) is 52.1 Å². The Hall–Kier alpha value is -1.71. The molecule has 2 amide bonds. The number of hydrogen-bond donors (Lipinski definition) is 4. The first-order chi connectivity index (χ1) is 22.8. The fourth-order valence-electron chi connectivity index (χ4n) is 4.05. The number of nitrogens with zero attached hydrogens (tertiary/aromatic N) is 1. The molecule has 290 valence electrons. The Kier molecular flexibility index (Phi) is 24.4. The molecule has 0 saturated heterocycles. The molecule has 6 N–H and O–H groups in total. The Morgan fingerprint density at radius 2 is 0.837 bits per heavy atom. The van der Waals surface area contributed by atoms with E-state index in [9.17, 15) is 14.4 Å². The highest BCUT2D eigenvalue weighted by Gasteiger charge is 2.23. The van der Waals surface area contributed by atoms with Gasteiger partial charge in [0.05, 0.1) is 66.1 Å². The molecule has 0 spiro atoms. The predicted molar refractivity (Wildman–Crippen MR) is 194 cm³/mol. The van der Waals surface area contributed by atoms with Crippen molar-refractivity contribution in [2.45, 2.75) is 81.6 Å². The van der Waals surface area contributed by atoms with Crippen molar-refractivity contribution < 1.29 is 38.1 Å². The summed E-state index contributed by atoms with van der Waals surface area (Å²) in [4.78, 5) is 38.1. The number of hydrogen-bond acceptors (Lipinski definition) is 11. The molecule has 0 saturated carbocycles. The van der Waals surface area contributed by atoms with Crippen LogP contribution in [0, 0.1) is 21.7 Å². The fraction of sp³-hybridized carbons (Fsp3) is 0.917. The first-order valence-electron chi connectivity index (χ1n) is 17.9. The minimum Gasteiger partial charge on any atom is -0.380 e. The lowest BCUT2D eigenvalue weighted by Crippen LogP contribution is -2.38. The molecule has 0 aliphatic carbocycles. The van der Waals surface area contributed by atoms with E-state index in [1.54, 1.807) is 6.92 Å². The summed E-state index contributed by atoms with van der Waals surface area (Å²) in [6.07, 6.45) is 0.935. The quantitative estimate of drug-likeness (QED) is 0.0757. The number of Topliss-reactive ketones (excluding diaryl/α,β-unsaturated/α-hetero) is 1. The first-order valence-corrected chi connectivity index (χ1v) is 17.9. The van der Waals surface area contributed by atoms with Crippen LogP contribution in [-0.4, -0.2) is 134 Å². The molecule has 0 aliphatic heterocycles. The molecule has 0 atom stereocenters. The van der Waals surface area contributed by atoms with Crippen LogP contribution in [0.1, 0.15) is 81.6 Å². The third-order valence-electron chi connectivity index (χ3n) is 7.81. The lowest BCUT2D eigenvalue weighted by atomic mass is 9.93. The third-order valence-corrected chi connectivity index (χ3v) is 7.81. The second-order valence-electron chi connectivity index (χ2n) is 16.2. The van der Waals surface area contributed by atoms with Crippen molar-refractivity contribution in [2.24, 2.45) is 33.1 Å². The molecule has 0 heterocycles. The summed E-state index contributed by atoms with van der Waals surface area (Å²) in [5.41, 5.74) is 11.0. The van der Waals surface area contributed by atoms with Crippen molar-refractivity contribution in [3.63, 3.8) is 0 Å². The van der Waals surface area contributed by atoms with Crippen molar-refractivity contribution in [1.82, 2.24) is 15.5 Å². The molecular weight excluding hydrogens is 630 g/mol. The number of amides is 2. The van der Waals surface area contributed by atoms with Gasteiger partial charge in [0.1, 0.15) is 5.78 Å². The summed E-state index contributed by atoms with van der Waals surface area (Å²) >= 11 is 0. The highest BCUT2D eigenvalue weighted by atomic mass is 16.5. The van der Waals surface area contributed by atoms with Crippen LogP contribution in [0.5, 0.6) is 0 Å². The van der Waals surface area contributed by atoms with Crippen molar-refractivity contribution in [3.05, 3.63) is 0 Å². The minimum absolute atomic E-state index is 0.0630. The molecule has 0 radical (unpaired) electrons. The summed E-state index contributed by atoms with van der Waals surface area (Å²) in [6, 6.07) is 0. The number of carbonyl (C=O) groups is 3. The zero-order chi connectivity index (χ0) is 37.4. The van der Waals surface area contributed by atoms with E-state index in [1.165, 1.54) is 0 Å². The monoisotopic (exact) mass is 704 g/mol. The maximum atomic E-state index is 12.4. The van der Waals surface area contributed by atoms with Gasteiger partial charge in [-0.3, -0.25) is 19.3 Å². The van der Waals surface area contributed by atoms with E-state index in [4.69, 9.17) is 35.2 Å². The van der Waals surface area contributed by atoms with Gasteiger partial charge < -0.3 is 45.8 Å². The van der Waals surface area contributed by atoms with Crippen LogP contribution >= 0.6 is 0 Å². The average Bonchev–Trinajstić information content (AvgIpc) is 3.01. The molecule has 0 aromatic rings. The highest BCUT2D eigenvalue weighted by molar-refractivity contribution is 5.76. The van der Waals surface area contributed by atoms with Gasteiger partial charge in [0.15, 0.2) is 0 Å². The topological polar surface area (TPSA) is 177 Å². The molecule has 0 fully saturated rings. The van der Waals surface area contributed by atoms with Crippen LogP contribution in [0.2, 0.25) is 0 Å². The summed E-state index contributed by atoms with van der Waals surface area (Å²) in [7, 11) is 0. The largest absolute Gasteiger partial charge is 0.380 e. The standard InChI is InChI=1S/C36H73N5O8/c1-30(42)10-16-45-19-13-41(14-20-46-17-11-31(43)39-24-35(6,7)28-48-26-33(2,3)22-37)15-21-47-18-12-32(44)40-25-36(8,9)29-49-27-34(4,5)23-38/h10-29,37-38H2,1-9H3,(H,39,43)(H,40,44). The van der Waals surface area contributed by atoms with Gasteiger partial charge in [0, 0.05) is 73.6 Å². The van der Waals surface area contributed by atoms with Crippen molar-refractivity contribution in [1.29, 1.82) is 0 Å². The highest BCUT2D eigenvalue weighted by Crippen LogP contribution is 2.19. The number of ether oxygens (including phenoxy) is 5. The van der Waals surface area contributed by atoms with Gasteiger partial charge in [-0.2, -0.15) is 0 Å². The van der Waals surface area contributed by atoms with Crippen molar-refractivity contribution >= 4 is 17.6 Å². The van der Waals surface area contributed by atoms with Gasteiger partial charge >= 0.3 is 0 Å². The molecule has 0 aliphatic rings. The number of ketones is 1. The molecule has 0 unspecified atom stereocenters. The van der Waals surface area contributed by atoms with Crippen LogP contribution in [0.3, 0.4) is 0 Å². The molecule has 13 heteroatoms. The second kappa shape index (κ2) is 25.3. The van der Waals surface area contributed by atoms with Crippen LogP contribution in [-0.2, 0) is 38.1 Å². The number of nitrogens with two attached hydrogens (primary N) is 2. The molecule has 0 aromatic heterocycles. The van der Waals surface area contributed by atoms with E-state index in [2.05, 4.69) is 70.9 Å². The Labute approximate surface area is 297 Å². The van der Waals surface area contributed by atoms with Crippen molar-refractivity contribution in [3.8, 4) is 0 Å². The zero-order valence-electron chi connectivity index (χ0n) is 32.5. The zero-order valence-corrected chi connectivity index (χ0v) is 32.5. The average molecular weight is 704 g/mol. The van der Waals surface area contributed by atoms with Crippen LogP contribution in [0.4, 0.5) is 0 Å². The van der Waals surface area contributed by atoms with Gasteiger partial charge in [-0.15, -0.1) is 0 Å². The maximum Gasteiger partial charge on any atom is 0.222 e. The summed E-state index contributed by atoms with van der Waals surface area (Å²) < 4.78 is 28.9. The van der Waals surface area contributed by atoms with E-state index >= 15 is 0 Å². The van der Waals surface area contributed by atoms with Gasteiger partial charge in [0.2, 0.25) is 11.8 Å². The maximum absolute atomic E-state index is 12.4.